The Hall–Kier alpha value is -3.26. The van der Waals surface area contributed by atoms with Gasteiger partial charge in [-0.15, -0.1) is 6.42 Å². The molecule has 0 spiro atoms. The van der Waals surface area contributed by atoms with E-state index in [1.807, 2.05) is 47.0 Å². The quantitative estimate of drug-likeness (QED) is 0.710. The number of rotatable bonds is 6. The molecule has 0 aliphatic heterocycles. The zero-order chi connectivity index (χ0) is 16.8. The number of terminal acetylenes is 1. The number of amides is 1. The van der Waals surface area contributed by atoms with E-state index in [4.69, 9.17) is 11.2 Å². The normalized spacial score (nSPS) is 10.3. The van der Waals surface area contributed by atoms with Crippen molar-refractivity contribution >= 4 is 16.9 Å². The van der Waals surface area contributed by atoms with Crippen molar-refractivity contribution in [2.45, 2.75) is 13.1 Å². The summed E-state index contributed by atoms with van der Waals surface area (Å²) in [5, 5.41) is 2.81. The highest BCUT2D eigenvalue weighted by Crippen LogP contribution is 2.15. The minimum Gasteiger partial charge on any atom is -0.484 e. The number of carbonyl (C=O) groups excluding carboxylic acids is 1. The van der Waals surface area contributed by atoms with E-state index < -0.39 is 0 Å². The van der Waals surface area contributed by atoms with Crippen LogP contribution in [-0.2, 0) is 17.9 Å². The first-order chi connectivity index (χ1) is 11.8. The van der Waals surface area contributed by atoms with Crippen molar-refractivity contribution in [1.82, 2.24) is 14.9 Å². The molecule has 0 saturated heterocycles. The van der Waals surface area contributed by atoms with Crippen LogP contribution < -0.4 is 10.1 Å². The number of benzene rings is 2. The number of ether oxygens (including phenoxy) is 1. The van der Waals surface area contributed by atoms with Crippen molar-refractivity contribution in [3.63, 3.8) is 0 Å². The van der Waals surface area contributed by atoms with E-state index in [-0.39, 0.29) is 12.5 Å². The lowest BCUT2D eigenvalue weighted by Gasteiger charge is -2.08. The third-order valence-corrected chi connectivity index (χ3v) is 3.54. The Morgan fingerprint density at radius 1 is 1.17 bits per heavy atom. The molecule has 1 amide bonds. The number of fused-ring (bicyclic) bond motifs is 1. The maximum absolute atomic E-state index is 12.0. The van der Waals surface area contributed by atoms with Crippen LogP contribution in [0.2, 0.25) is 0 Å². The molecule has 0 aliphatic carbocycles. The smallest absolute Gasteiger partial charge is 0.258 e. The molecule has 0 atom stereocenters. The molecular weight excluding hydrogens is 302 g/mol. The number of imidazole rings is 1. The number of para-hydroxylation sites is 3. The zero-order valence-electron chi connectivity index (χ0n) is 13.1. The highest BCUT2D eigenvalue weighted by Gasteiger charge is 2.11. The van der Waals surface area contributed by atoms with E-state index in [0.29, 0.717) is 18.8 Å². The van der Waals surface area contributed by atoms with E-state index in [1.165, 1.54) is 0 Å². The van der Waals surface area contributed by atoms with Gasteiger partial charge < -0.3 is 14.6 Å². The Bertz CT molecular complexity index is 879. The van der Waals surface area contributed by atoms with Crippen molar-refractivity contribution < 1.29 is 9.53 Å². The van der Waals surface area contributed by atoms with E-state index >= 15 is 0 Å². The summed E-state index contributed by atoms with van der Waals surface area (Å²) >= 11 is 0. The summed E-state index contributed by atoms with van der Waals surface area (Å²) in [5.74, 6) is 3.80. The monoisotopic (exact) mass is 319 g/mol. The van der Waals surface area contributed by atoms with Crippen LogP contribution in [0.25, 0.3) is 11.0 Å². The van der Waals surface area contributed by atoms with Gasteiger partial charge in [0, 0.05) is 0 Å². The molecule has 1 N–H and O–H groups in total. The Balaban J connectivity index is 1.64. The predicted molar refractivity (Wildman–Crippen MR) is 92.3 cm³/mol. The molecular formula is C19H17N3O2. The lowest BCUT2D eigenvalue weighted by molar-refractivity contribution is -0.123. The average molecular weight is 319 g/mol. The second-order valence-electron chi connectivity index (χ2n) is 5.19. The van der Waals surface area contributed by atoms with Crippen LogP contribution in [0.1, 0.15) is 5.82 Å². The molecule has 3 rings (SSSR count). The minimum absolute atomic E-state index is 0.0423. The van der Waals surface area contributed by atoms with E-state index in [2.05, 4.69) is 16.2 Å². The molecule has 120 valence electrons. The first-order valence-corrected chi connectivity index (χ1v) is 7.60. The van der Waals surface area contributed by atoms with Crippen LogP contribution in [0.4, 0.5) is 0 Å². The number of hydrogen-bond donors (Lipinski definition) is 1. The number of aromatic nitrogens is 2. The van der Waals surface area contributed by atoms with Gasteiger partial charge in [0.1, 0.15) is 11.6 Å². The minimum atomic E-state index is -0.210. The van der Waals surface area contributed by atoms with Gasteiger partial charge in [-0.3, -0.25) is 4.79 Å². The van der Waals surface area contributed by atoms with Gasteiger partial charge in [-0.1, -0.05) is 36.3 Å². The van der Waals surface area contributed by atoms with Crippen molar-refractivity contribution in [3.05, 3.63) is 60.4 Å². The van der Waals surface area contributed by atoms with Crippen LogP contribution in [0.5, 0.6) is 5.75 Å². The number of carbonyl (C=O) groups is 1. The third kappa shape index (κ3) is 3.55. The second kappa shape index (κ2) is 7.34. The van der Waals surface area contributed by atoms with Gasteiger partial charge in [-0.2, -0.15) is 0 Å². The van der Waals surface area contributed by atoms with Gasteiger partial charge in [0.15, 0.2) is 6.61 Å². The van der Waals surface area contributed by atoms with Gasteiger partial charge in [-0.05, 0) is 24.3 Å². The predicted octanol–water partition coefficient (Wildman–Crippen LogP) is 2.36. The fourth-order valence-electron chi connectivity index (χ4n) is 2.42. The largest absolute Gasteiger partial charge is 0.484 e. The Morgan fingerprint density at radius 3 is 2.71 bits per heavy atom. The van der Waals surface area contributed by atoms with Crippen LogP contribution in [0.3, 0.4) is 0 Å². The maximum Gasteiger partial charge on any atom is 0.258 e. The van der Waals surface area contributed by atoms with Gasteiger partial charge >= 0.3 is 0 Å². The lowest BCUT2D eigenvalue weighted by Crippen LogP contribution is -2.29. The highest BCUT2D eigenvalue weighted by atomic mass is 16.5. The molecule has 0 aliphatic rings. The number of hydrogen-bond acceptors (Lipinski definition) is 3. The number of nitrogens with one attached hydrogen (secondary N) is 1. The summed E-state index contributed by atoms with van der Waals surface area (Å²) in [6, 6.07) is 17.0. The molecule has 0 unspecified atom stereocenters. The van der Waals surface area contributed by atoms with Crippen LogP contribution in [-0.4, -0.2) is 22.1 Å². The SMILES string of the molecule is C#CCn1c(CNC(=O)COc2ccccc2)nc2ccccc21. The third-order valence-electron chi connectivity index (χ3n) is 3.54. The van der Waals surface area contributed by atoms with Crippen LogP contribution in [0.15, 0.2) is 54.6 Å². The van der Waals surface area contributed by atoms with E-state index in [0.717, 1.165) is 16.9 Å². The highest BCUT2D eigenvalue weighted by molar-refractivity contribution is 5.78. The van der Waals surface area contributed by atoms with Crippen LogP contribution >= 0.6 is 0 Å². The Labute approximate surface area is 140 Å². The zero-order valence-corrected chi connectivity index (χ0v) is 13.1. The molecule has 1 heterocycles. The molecule has 2 aromatic carbocycles. The summed E-state index contributed by atoms with van der Waals surface area (Å²) in [6.45, 7) is 0.666. The Kier molecular flexibility index (Phi) is 4.78. The molecule has 5 nitrogen and oxygen atoms in total. The fraction of sp³-hybridized carbons (Fsp3) is 0.158. The van der Waals surface area contributed by atoms with Crippen molar-refractivity contribution in [2.75, 3.05) is 6.61 Å². The van der Waals surface area contributed by atoms with Gasteiger partial charge in [0.2, 0.25) is 0 Å². The van der Waals surface area contributed by atoms with Crippen LogP contribution in [0, 0.1) is 12.3 Å². The first-order valence-electron chi connectivity index (χ1n) is 7.60. The van der Waals surface area contributed by atoms with E-state index in [1.54, 1.807) is 12.1 Å². The molecule has 0 radical (unpaired) electrons. The fourth-order valence-corrected chi connectivity index (χ4v) is 2.42. The van der Waals surface area contributed by atoms with Gasteiger partial charge in [0.25, 0.3) is 5.91 Å². The molecule has 5 heteroatoms. The van der Waals surface area contributed by atoms with E-state index in [9.17, 15) is 4.79 Å². The summed E-state index contributed by atoms with van der Waals surface area (Å²) in [7, 11) is 0. The topological polar surface area (TPSA) is 56.2 Å². The van der Waals surface area contributed by atoms with Gasteiger partial charge in [-0.25, -0.2) is 4.98 Å². The maximum atomic E-state index is 12.0. The first kappa shape index (κ1) is 15.6. The molecule has 3 aromatic rings. The molecule has 0 saturated carbocycles. The summed E-state index contributed by atoms with van der Waals surface area (Å²) in [6.07, 6.45) is 5.44. The second-order valence-corrected chi connectivity index (χ2v) is 5.19. The number of nitrogens with zero attached hydrogens (tertiary/aromatic N) is 2. The molecule has 0 bridgehead atoms. The lowest BCUT2D eigenvalue weighted by atomic mass is 10.3. The van der Waals surface area contributed by atoms with Crippen molar-refractivity contribution in [3.8, 4) is 18.1 Å². The summed E-state index contributed by atoms with van der Waals surface area (Å²) < 4.78 is 7.35. The Morgan fingerprint density at radius 2 is 1.92 bits per heavy atom. The van der Waals surface area contributed by atoms with Crippen molar-refractivity contribution in [1.29, 1.82) is 0 Å². The van der Waals surface area contributed by atoms with Gasteiger partial charge in [0.05, 0.1) is 24.1 Å². The molecule has 1 aromatic heterocycles. The summed E-state index contributed by atoms with van der Waals surface area (Å²) in [5.41, 5.74) is 1.82. The average Bonchev–Trinajstić information content (AvgIpc) is 2.97. The standard InChI is InChI=1S/C19H17N3O2/c1-2-12-22-17-11-7-6-10-16(17)21-18(22)13-20-19(23)14-24-15-8-4-3-5-9-15/h1,3-11H,12-14H2,(H,20,23). The molecule has 24 heavy (non-hydrogen) atoms. The summed E-state index contributed by atoms with van der Waals surface area (Å²) in [4.78, 5) is 16.5. The van der Waals surface area contributed by atoms with Crippen molar-refractivity contribution in [2.24, 2.45) is 0 Å². The molecule has 0 fully saturated rings.